The molecule has 0 spiro atoms. The summed E-state index contributed by atoms with van der Waals surface area (Å²) in [6.45, 7) is 0. The molecule has 0 aliphatic carbocycles. The number of rotatable bonds is 4. The van der Waals surface area contributed by atoms with Gasteiger partial charge in [-0.1, -0.05) is 0 Å². The van der Waals surface area contributed by atoms with Crippen molar-refractivity contribution in [3.8, 4) is 0 Å². The first kappa shape index (κ1) is 13.6. The summed E-state index contributed by atoms with van der Waals surface area (Å²) in [6.07, 6.45) is 3.78. The van der Waals surface area contributed by atoms with Gasteiger partial charge in [-0.3, -0.25) is 4.68 Å². The van der Waals surface area contributed by atoms with Gasteiger partial charge in [-0.2, -0.15) is 10.1 Å². The number of aromatic nitrogens is 3. The van der Waals surface area contributed by atoms with E-state index in [1.54, 1.807) is 42.3 Å². The first-order valence-electron chi connectivity index (χ1n) is 6.30. The zero-order chi connectivity index (χ0) is 15.0. The minimum atomic E-state index is -3.58. The number of hydrogen-bond acceptors (Lipinski definition) is 6. The summed E-state index contributed by atoms with van der Waals surface area (Å²) < 4.78 is 31.4. The molecule has 0 fully saturated rings. The summed E-state index contributed by atoms with van der Waals surface area (Å²) in [4.78, 5) is 4.01. The van der Waals surface area contributed by atoms with Crippen LogP contribution in [-0.2, 0) is 23.3 Å². The third-order valence-corrected chi connectivity index (χ3v) is 4.53. The number of nitrogens with two attached hydrogens (primary N) is 1. The normalized spacial score (nSPS) is 12.0. The Bertz CT molecular complexity index is 895. The van der Waals surface area contributed by atoms with Gasteiger partial charge in [-0.15, -0.1) is 0 Å². The molecule has 0 amide bonds. The van der Waals surface area contributed by atoms with Crippen molar-refractivity contribution in [2.75, 3.05) is 11.5 Å². The molecule has 8 heteroatoms. The van der Waals surface area contributed by atoms with E-state index >= 15 is 0 Å². The van der Waals surface area contributed by atoms with E-state index in [2.05, 4.69) is 10.1 Å². The van der Waals surface area contributed by atoms with Gasteiger partial charge in [0, 0.05) is 25.0 Å². The summed E-state index contributed by atoms with van der Waals surface area (Å²) >= 11 is 0. The number of aryl methyl sites for hydroxylation is 2. The molecular weight excluding hydrogens is 292 g/mol. The molecule has 7 nitrogen and oxygen atoms in total. The molecule has 21 heavy (non-hydrogen) atoms. The standard InChI is InChI=1S/C13H14N4O3S/c1-17-8-9(7-15-17)4-5-21(18,19)13-16-11-3-2-10(14)6-12(11)20-13/h2-3,6-8H,4-5,14H2,1H3. The minimum absolute atomic E-state index is 0.0823. The first-order valence-corrected chi connectivity index (χ1v) is 7.96. The summed E-state index contributed by atoms with van der Waals surface area (Å²) in [6, 6.07) is 4.84. The van der Waals surface area contributed by atoms with E-state index in [1.807, 2.05) is 0 Å². The SMILES string of the molecule is Cn1cc(CCS(=O)(=O)c2nc3ccc(N)cc3o2)cn1. The maximum atomic E-state index is 12.3. The lowest BCUT2D eigenvalue weighted by atomic mass is 10.3. The van der Waals surface area contributed by atoms with E-state index in [0.29, 0.717) is 23.2 Å². The summed E-state index contributed by atoms with van der Waals surface area (Å²) in [5.74, 6) is -0.0823. The van der Waals surface area contributed by atoms with Gasteiger partial charge in [0.1, 0.15) is 5.52 Å². The van der Waals surface area contributed by atoms with Crippen LogP contribution in [0.3, 0.4) is 0 Å². The van der Waals surface area contributed by atoms with Crippen LogP contribution in [0.4, 0.5) is 5.69 Å². The number of hydrogen-bond donors (Lipinski definition) is 1. The van der Waals surface area contributed by atoms with Crippen molar-refractivity contribution in [2.45, 2.75) is 11.6 Å². The zero-order valence-electron chi connectivity index (χ0n) is 11.4. The predicted octanol–water partition coefficient (Wildman–Crippen LogP) is 1.16. The molecule has 0 bridgehead atoms. The molecule has 0 aliphatic rings. The largest absolute Gasteiger partial charge is 0.428 e. The van der Waals surface area contributed by atoms with Gasteiger partial charge in [0.25, 0.3) is 0 Å². The molecule has 0 aliphatic heterocycles. The smallest absolute Gasteiger partial charge is 0.316 e. The van der Waals surface area contributed by atoms with Crippen molar-refractivity contribution in [1.29, 1.82) is 0 Å². The van der Waals surface area contributed by atoms with Crippen LogP contribution in [0.5, 0.6) is 0 Å². The van der Waals surface area contributed by atoms with Crippen LogP contribution in [0.1, 0.15) is 5.56 Å². The average molecular weight is 306 g/mol. The lowest BCUT2D eigenvalue weighted by Gasteiger charge is -1.97. The van der Waals surface area contributed by atoms with Crippen LogP contribution in [-0.4, -0.2) is 28.9 Å². The van der Waals surface area contributed by atoms with Crippen LogP contribution in [0.2, 0.25) is 0 Å². The van der Waals surface area contributed by atoms with E-state index < -0.39 is 9.84 Å². The molecule has 0 saturated carbocycles. The highest BCUT2D eigenvalue weighted by atomic mass is 32.2. The van der Waals surface area contributed by atoms with Crippen molar-refractivity contribution in [2.24, 2.45) is 7.05 Å². The summed E-state index contributed by atoms with van der Waals surface area (Å²) in [7, 11) is -1.80. The molecule has 2 aromatic heterocycles. The monoisotopic (exact) mass is 306 g/mol. The molecule has 0 atom stereocenters. The Hall–Kier alpha value is -2.35. The lowest BCUT2D eigenvalue weighted by Crippen LogP contribution is -2.09. The quantitative estimate of drug-likeness (QED) is 0.725. The third-order valence-electron chi connectivity index (χ3n) is 3.08. The predicted molar refractivity (Wildman–Crippen MR) is 77.4 cm³/mol. The van der Waals surface area contributed by atoms with Crippen molar-refractivity contribution in [3.63, 3.8) is 0 Å². The van der Waals surface area contributed by atoms with Gasteiger partial charge in [0.15, 0.2) is 5.58 Å². The van der Waals surface area contributed by atoms with Crippen molar-refractivity contribution in [3.05, 3.63) is 36.2 Å². The van der Waals surface area contributed by atoms with Gasteiger partial charge < -0.3 is 10.2 Å². The van der Waals surface area contributed by atoms with Crippen LogP contribution in [0.25, 0.3) is 11.1 Å². The van der Waals surface area contributed by atoms with Crippen molar-refractivity contribution in [1.82, 2.24) is 14.8 Å². The number of anilines is 1. The lowest BCUT2D eigenvalue weighted by molar-refractivity contribution is 0.458. The molecule has 3 rings (SSSR count). The van der Waals surface area contributed by atoms with Gasteiger partial charge in [0.05, 0.1) is 11.9 Å². The van der Waals surface area contributed by atoms with Crippen LogP contribution < -0.4 is 5.73 Å². The number of nitrogens with zero attached hydrogens (tertiary/aromatic N) is 3. The molecule has 2 heterocycles. The number of benzene rings is 1. The number of oxazole rings is 1. The number of nitrogen functional groups attached to an aromatic ring is 1. The van der Waals surface area contributed by atoms with Crippen molar-refractivity contribution >= 4 is 26.6 Å². The Balaban J connectivity index is 1.85. The highest BCUT2D eigenvalue weighted by Crippen LogP contribution is 2.22. The van der Waals surface area contributed by atoms with Crippen LogP contribution in [0, 0.1) is 0 Å². The van der Waals surface area contributed by atoms with E-state index in [0.717, 1.165) is 5.56 Å². The highest BCUT2D eigenvalue weighted by molar-refractivity contribution is 7.91. The van der Waals surface area contributed by atoms with E-state index in [4.69, 9.17) is 10.2 Å². The van der Waals surface area contributed by atoms with Crippen LogP contribution >= 0.6 is 0 Å². The maximum Gasteiger partial charge on any atom is 0.316 e. The van der Waals surface area contributed by atoms with E-state index in [1.165, 1.54) is 0 Å². The summed E-state index contributed by atoms with van der Waals surface area (Å²) in [5, 5.41) is 3.73. The Labute approximate surface area is 121 Å². The van der Waals surface area contributed by atoms with E-state index in [9.17, 15) is 8.42 Å². The Kier molecular flexibility index (Phi) is 3.17. The van der Waals surface area contributed by atoms with E-state index in [-0.39, 0.29) is 11.0 Å². The topological polar surface area (TPSA) is 104 Å². The van der Waals surface area contributed by atoms with Gasteiger partial charge in [0.2, 0.25) is 9.84 Å². The van der Waals surface area contributed by atoms with Crippen molar-refractivity contribution < 1.29 is 12.8 Å². The minimum Gasteiger partial charge on any atom is -0.428 e. The zero-order valence-corrected chi connectivity index (χ0v) is 12.2. The van der Waals surface area contributed by atoms with Gasteiger partial charge >= 0.3 is 5.22 Å². The second-order valence-corrected chi connectivity index (χ2v) is 6.79. The third kappa shape index (κ3) is 2.75. The van der Waals surface area contributed by atoms with Gasteiger partial charge in [-0.25, -0.2) is 8.42 Å². The Morgan fingerprint density at radius 1 is 1.38 bits per heavy atom. The second-order valence-electron chi connectivity index (χ2n) is 4.80. The first-order chi connectivity index (χ1) is 9.94. The summed E-state index contributed by atoms with van der Waals surface area (Å²) in [5.41, 5.74) is 7.83. The number of sulfone groups is 1. The molecule has 1 aromatic carbocycles. The van der Waals surface area contributed by atoms with Crippen LogP contribution in [0.15, 0.2) is 40.2 Å². The molecule has 0 saturated heterocycles. The molecule has 3 aromatic rings. The average Bonchev–Trinajstić information content (AvgIpc) is 3.02. The Morgan fingerprint density at radius 3 is 2.90 bits per heavy atom. The molecule has 2 N–H and O–H groups in total. The highest BCUT2D eigenvalue weighted by Gasteiger charge is 2.22. The molecule has 0 radical (unpaired) electrons. The fraction of sp³-hybridized carbons (Fsp3) is 0.231. The maximum absolute atomic E-state index is 12.3. The molecule has 0 unspecified atom stereocenters. The second kappa shape index (κ2) is 4.88. The fourth-order valence-corrected chi connectivity index (χ4v) is 3.13. The molecular formula is C13H14N4O3S. The molecule has 110 valence electrons. The fourth-order valence-electron chi connectivity index (χ4n) is 1.99. The Morgan fingerprint density at radius 2 is 2.19 bits per heavy atom. The van der Waals surface area contributed by atoms with Gasteiger partial charge in [-0.05, 0) is 24.1 Å². The number of fused-ring (bicyclic) bond motifs is 1.